The van der Waals surface area contributed by atoms with Crippen LogP contribution in [0.25, 0.3) is 21.5 Å². The van der Waals surface area contributed by atoms with Crippen LogP contribution in [0.5, 0.6) is 0 Å². The van der Waals surface area contributed by atoms with Crippen LogP contribution in [0.2, 0.25) is 0 Å². The van der Waals surface area contributed by atoms with Crippen LogP contribution in [0.4, 0.5) is 5.69 Å². The third-order valence-electron chi connectivity index (χ3n) is 3.91. The lowest BCUT2D eigenvalue weighted by atomic mass is 10.1. The van der Waals surface area contributed by atoms with E-state index in [1.54, 1.807) is 0 Å². The third kappa shape index (κ3) is 3.52. The number of anilines is 1. The van der Waals surface area contributed by atoms with E-state index in [0.29, 0.717) is 10.2 Å². The second-order valence-corrected chi connectivity index (χ2v) is 6.61. The summed E-state index contributed by atoms with van der Waals surface area (Å²) in [6.07, 6.45) is 0. The zero-order valence-electron chi connectivity index (χ0n) is 14.9. The van der Waals surface area contributed by atoms with Gasteiger partial charge in [-0.2, -0.15) is 0 Å². The molecule has 27 heavy (non-hydrogen) atoms. The predicted octanol–water partition coefficient (Wildman–Crippen LogP) is 3.17. The predicted molar refractivity (Wildman–Crippen MR) is 102 cm³/mol. The summed E-state index contributed by atoms with van der Waals surface area (Å²) >= 11 is 1.09. The Labute approximate surface area is 158 Å². The normalized spacial score (nSPS) is 10.5. The summed E-state index contributed by atoms with van der Waals surface area (Å²) in [6, 6.07) is 11.5. The number of ether oxygens (including phenoxy) is 2. The molecule has 0 saturated carbocycles. The van der Waals surface area contributed by atoms with Crippen molar-refractivity contribution in [3.8, 4) is 11.3 Å². The summed E-state index contributed by atoms with van der Waals surface area (Å²) < 4.78 is 9.23. The lowest BCUT2D eigenvalue weighted by molar-refractivity contribution is -0.150. The molecule has 1 aromatic carbocycles. The molecule has 0 atom stereocenters. The SMILES string of the molecule is COC(=O)C(=O)Nc1c(C(=O)OC)sc2nc(-c3ccccc3)cc(C)c12. The molecule has 0 radical (unpaired) electrons. The maximum atomic E-state index is 12.2. The number of rotatable bonds is 3. The van der Waals surface area contributed by atoms with Crippen molar-refractivity contribution in [2.75, 3.05) is 19.5 Å². The van der Waals surface area contributed by atoms with Gasteiger partial charge < -0.3 is 14.8 Å². The van der Waals surface area contributed by atoms with E-state index in [2.05, 4.69) is 15.0 Å². The molecule has 138 valence electrons. The Morgan fingerprint density at radius 3 is 2.41 bits per heavy atom. The lowest BCUT2D eigenvalue weighted by Crippen LogP contribution is -2.24. The Morgan fingerprint density at radius 1 is 1.07 bits per heavy atom. The van der Waals surface area contributed by atoms with Gasteiger partial charge in [-0.3, -0.25) is 4.79 Å². The number of thiophene rings is 1. The lowest BCUT2D eigenvalue weighted by Gasteiger charge is -2.08. The van der Waals surface area contributed by atoms with Gasteiger partial charge in [0.05, 0.1) is 25.6 Å². The Hall–Kier alpha value is -3.26. The molecule has 2 aromatic heterocycles. The molecule has 3 aromatic rings. The minimum absolute atomic E-state index is 0.158. The number of hydrogen-bond donors (Lipinski definition) is 1. The highest BCUT2D eigenvalue weighted by molar-refractivity contribution is 7.21. The fourth-order valence-corrected chi connectivity index (χ4v) is 3.78. The number of pyridine rings is 1. The number of carbonyl (C=O) groups is 3. The molecule has 0 unspecified atom stereocenters. The van der Waals surface area contributed by atoms with Crippen molar-refractivity contribution in [1.82, 2.24) is 4.98 Å². The molecule has 0 saturated heterocycles. The van der Waals surface area contributed by atoms with Crippen LogP contribution in [0.15, 0.2) is 36.4 Å². The smallest absolute Gasteiger partial charge is 0.396 e. The number of carbonyl (C=O) groups excluding carboxylic acids is 3. The number of hydrogen-bond acceptors (Lipinski definition) is 7. The Bertz CT molecular complexity index is 1040. The van der Waals surface area contributed by atoms with E-state index in [0.717, 1.165) is 35.3 Å². The molecule has 0 aliphatic carbocycles. The first-order chi connectivity index (χ1) is 13.0. The topological polar surface area (TPSA) is 94.6 Å². The molecule has 2 heterocycles. The van der Waals surface area contributed by atoms with Crippen molar-refractivity contribution < 1.29 is 23.9 Å². The Morgan fingerprint density at radius 2 is 1.78 bits per heavy atom. The maximum Gasteiger partial charge on any atom is 0.396 e. The van der Waals surface area contributed by atoms with E-state index in [1.807, 2.05) is 43.3 Å². The molecule has 0 spiro atoms. The van der Waals surface area contributed by atoms with Gasteiger partial charge >= 0.3 is 17.8 Å². The number of fused-ring (bicyclic) bond motifs is 1. The number of nitrogens with zero attached hydrogens (tertiary/aromatic N) is 1. The van der Waals surface area contributed by atoms with Gasteiger partial charge in [-0.1, -0.05) is 30.3 Å². The fraction of sp³-hybridized carbons (Fsp3) is 0.158. The summed E-state index contributed by atoms with van der Waals surface area (Å²) in [5.74, 6) is -2.66. The number of methoxy groups -OCH3 is 2. The van der Waals surface area contributed by atoms with Crippen molar-refractivity contribution in [1.29, 1.82) is 0 Å². The van der Waals surface area contributed by atoms with E-state index in [4.69, 9.17) is 4.74 Å². The quantitative estimate of drug-likeness (QED) is 0.551. The number of benzene rings is 1. The first-order valence-electron chi connectivity index (χ1n) is 7.93. The molecule has 1 N–H and O–H groups in total. The molecule has 1 amide bonds. The molecular formula is C19H16N2O5S. The largest absolute Gasteiger partial charge is 0.465 e. The van der Waals surface area contributed by atoms with Gasteiger partial charge in [0.1, 0.15) is 9.71 Å². The van der Waals surface area contributed by atoms with Gasteiger partial charge in [-0.05, 0) is 18.6 Å². The van der Waals surface area contributed by atoms with Crippen LogP contribution < -0.4 is 5.32 Å². The number of nitrogens with one attached hydrogen (secondary N) is 1. The van der Waals surface area contributed by atoms with Gasteiger partial charge in [0.15, 0.2) is 0 Å². The van der Waals surface area contributed by atoms with E-state index in [-0.39, 0.29) is 10.6 Å². The van der Waals surface area contributed by atoms with E-state index in [1.165, 1.54) is 7.11 Å². The highest BCUT2D eigenvalue weighted by Crippen LogP contribution is 2.39. The van der Waals surface area contributed by atoms with Crippen molar-refractivity contribution in [3.63, 3.8) is 0 Å². The molecule has 0 aliphatic rings. The second-order valence-electron chi connectivity index (χ2n) is 5.61. The molecule has 0 bridgehead atoms. The Balaban J connectivity index is 2.19. The second kappa shape index (κ2) is 7.55. The number of amides is 1. The third-order valence-corrected chi connectivity index (χ3v) is 4.97. The molecule has 8 heteroatoms. The number of esters is 2. The maximum absolute atomic E-state index is 12.2. The standard InChI is InChI=1S/C19H16N2O5S/c1-10-9-12(11-7-5-4-6-8-11)20-17-13(10)14(15(27-17)18(23)25-2)21-16(22)19(24)26-3/h4-9H,1-3H3,(H,21,22). The summed E-state index contributed by atoms with van der Waals surface area (Å²) in [7, 11) is 2.35. The molecule has 7 nitrogen and oxygen atoms in total. The van der Waals surface area contributed by atoms with Crippen LogP contribution in [0, 0.1) is 6.92 Å². The van der Waals surface area contributed by atoms with E-state index < -0.39 is 17.8 Å². The average Bonchev–Trinajstić information content (AvgIpc) is 3.06. The zero-order valence-corrected chi connectivity index (χ0v) is 15.7. The van der Waals surface area contributed by atoms with Crippen LogP contribution in [0.3, 0.4) is 0 Å². The highest BCUT2D eigenvalue weighted by Gasteiger charge is 2.25. The van der Waals surface area contributed by atoms with Gasteiger partial charge in [0, 0.05) is 10.9 Å². The highest BCUT2D eigenvalue weighted by atomic mass is 32.1. The van der Waals surface area contributed by atoms with Crippen molar-refractivity contribution in [2.24, 2.45) is 0 Å². The summed E-state index contributed by atoms with van der Waals surface area (Å²) in [6.45, 7) is 1.85. The first kappa shape index (κ1) is 18.5. The summed E-state index contributed by atoms with van der Waals surface area (Å²) in [5, 5.41) is 3.04. The van der Waals surface area contributed by atoms with Crippen molar-refractivity contribution in [3.05, 3.63) is 46.8 Å². The molecular weight excluding hydrogens is 368 g/mol. The van der Waals surface area contributed by atoms with Crippen LogP contribution in [-0.2, 0) is 19.1 Å². The number of aromatic nitrogens is 1. The molecule has 0 aliphatic heterocycles. The van der Waals surface area contributed by atoms with Gasteiger partial charge in [-0.15, -0.1) is 11.3 Å². The van der Waals surface area contributed by atoms with Gasteiger partial charge in [-0.25, -0.2) is 14.6 Å². The van der Waals surface area contributed by atoms with Gasteiger partial charge in [0.25, 0.3) is 0 Å². The average molecular weight is 384 g/mol. The molecule has 0 fully saturated rings. The van der Waals surface area contributed by atoms with E-state index in [9.17, 15) is 14.4 Å². The summed E-state index contributed by atoms with van der Waals surface area (Å²) in [5.41, 5.74) is 2.66. The minimum Gasteiger partial charge on any atom is -0.465 e. The first-order valence-corrected chi connectivity index (χ1v) is 8.75. The molecule has 3 rings (SSSR count). The van der Waals surface area contributed by atoms with Crippen LogP contribution >= 0.6 is 11.3 Å². The van der Waals surface area contributed by atoms with Crippen LogP contribution in [-0.4, -0.2) is 37.0 Å². The van der Waals surface area contributed by atoms with E-state index >= 15 is 0 Å². The number of aryl methyl sites for hydroxylation is 1. The van der Waals surface area contributed by atoms with Gasteiger partial charge in [0.2, 0.25) is 0 Å². The van der Waals surface area contributed by atoms with Crippen molar-refractivity contribution >= 4 is 45.1 Å². The summed E-state index contributed by atoms with van der Waals surface area (Å²) in [4.78, 5) is 41.0. The fourth-order valence-electron chi connectivity index (χ4n) is 2.65. The van der Waals surface area contributed by atoms with Crippen LogP contribution in [0.1, 0.15) is 15.2 Å². The minimum atomic E-state index is -1.06. The zero-order chi connectivity index (χ0) is 19.6. The monoisotopic (exact) mass is 384 g/mol. The van der Waals surface area contributed by atoms with Crippen molar-refractivity contribution in [2.45, 2.75) is 6.92 Å². The Kier molecular flexibility index (Phi) is 5.18.